The molecule has 0 unspecified atom stereocenters. The second-order valence-corrected chi connectivity index (χ2v) is 5.71. The molecule has 0 fully saturated rings. The lowest BCUT2D eigenvalue weighted by Gasteiger charge is -2.10. The Morgan fingerprint density at radius 2 is 1.74 bits per heavy atom. The third-order valence-electron chi connectivity index (χ3n) is 4.07. The summed E-state index contributed by atoms with van der Waals surface area (Å²) in [5, 5.41) is 19.4. The van der Waals surface area contributed by atoms with Crippen molar-refractivity contribution in [1.82, 2.24) is 5.16 Å². The van der Waals surface area contributed by atoms with Gasteiger partial charge in [-0.05, 0) is 24.3 Å². The van der Waals surface area contributed by atoms with Crippen LogP contribution in [0.25, 0.3) is 22.6 Å². The van der Waals surface area contributed by atoms with E-state index in [2.05, 4.69) is 5.16 Å². The predicted molar refractivity (Wildman–Crippen MR) is 103 cm³/mol. The Hall–Kier alpha value is -3.81. The Labute approximate surface area is 155 Å². The molecule has 3 rings (SSSR count). The number of aromatic nitrogens is 1. The summed E-state index contributed by atoms with van der Waals surface area (Å²) < 4.78 is 16.3. The lowest BCUT2D eigenvalue weighted by Crippen LogP contribution is -2.12. The Morgan fingerprint density at radius 3 is 2.37 bits per heavy atom. The van der Waals surface area contributed by atoms with Crippen LogP contribution in [0.5, 0.6) is 11.5 Å². The number of amidine groups is 2. The Kier molecular flexibility index (Phi) is 4.80. The topological polar surface area (TPSA) is 144 Å². The van der Waals surface area contributed by atoms with Crippen LogP contribution in [0.2, 0.25) is 0 Å². The first kappa shape index (κ1) is 18.0. The third kappa shape index (κ3) is 3.32. The zero-order chi connectivity index (χ0) is 19.6. The highest BCUT2D eigenvalue weighted by molar-refractivity contribution is 6.00. The van der Waals surface area contributed by atoms with E-state index in [1.54, 1.807) is 42.5 Å². The lowest BCUT2D eigenvalue weighted by molar-refractivity contribution is 0.404. The van der Waals surface area contributed by atoms with E-state index in [1.807, 2.05) is 0 Å². The molecular formula is C19H19N5O3. The largest absolute Gasteiger partial charge is 0.496 e. The molecule has 0 saturated heterocycles. The van der Waals surface area contributed by atoms with Gasteiger partial charge in [0.25, 0.3) is 0 Å². The first-order chi connectivity index (χ1) is 13.0. The minimum Gasteiger partial charge on any atom is -0.496 e. The number of para-hydroxylation sites is 1. The van der Waals surface area contributed by atoms with E-state index in [0.29, 0.717) is 45.2 Å². The predicted octanol–water partition coefficient (Wildman–Crippen LogP) is 2.59. The molecule has 0 bridgehead atoms. The van der Waals surface area contributed by atoms with Crippen molar-refractivity contribution >= 4 is 11.7 Å². The van der Waals surface area contributed by atoms with Crippen molar-refractivity contribution in [3.8, 4) is 34.1 Å². The Balaban J connectivity index is 2.08. The molecule has 2 aromatic carbocycles. The standard InChI is InChI=1S/C19H19N5O3/c1-25-15-8-10(18(20)21)6-7-11(15)14-9-16(27-24-14)12-4-3-5-13(19(22)23)17(12)26-2/h3-9H,1-2H3,(H3,20,21)(H3,22,23). The van der Waals surface area contributed by atoms with Crippen LogP contribution in [0.1, 0.15) is 11.1 Å². The number of rotatable bonds is 6. The number of nitrogens with one attached hydrogen (secondary N) is 2. The Bertz CT molecular complexity index is 1030. The zero-order valence-electron chi connectivity index (χ0n) is 14.9. The molecule has 0 aliphatic carbocycles. The van der Waals surface area contributed by atoms with Crippen LogP contribution in [0.15, 0.2) is 47.0 Å². The molecule has 8 heteroatoms. The van der Waals surface area contributed by atoms with Gasteiger partial charge in [-0.15, -0.1) is 0 Å². The molecule has 1 heterocycles. The van der Waals surface area contributed by atoms with E-state index < -0.39 is 0 Å². The number of benzene rings is 2. The highest BCUT2D eigenvalue weighted by atomic mass is 16.5. The molecule has 0 radical (unpaired) electrons. The van der Waals surface area contributed by atoms with Gasteiger partial charge in [0.15, 0.2) is 5.76 Å². The monoisotopic (exact) mass is 365 g/mol. The fourth-order valence-electron chi connectivity index (χ4n) is 2.76. The van der Waals surface area contributed by atoms with E-state index >= 15 is 0 Å². The van der Waals surface area contributed by atoms with E-state index in [4.69, 9.17) is 36.3 Å². The highest BCUT2D eigenvalue weighted by Gasteiger charge is 2.18. The van der Waals surface area contributed by atoms with Crippen molar-refractivity contribution < 1.29 is 14.0 Å². The van der Waals surface area contributed by atoms with E-state index in [0.717, 1.165) is 0 Å². The number of ether oxygens (including phenoxy) is 2. The summed E-state index contributed by atoms with van der Waals surface area (Å²) >= 11 is 0. The molecule has 27 heavy (non-hydrogen) atoms. The van der Waals surface area contributed by atoms with Gasteiger partial charge in [-0.2, -0.15) is 0 Å². The van der Waals surface area contributed by atoms with Gasteiger partial charge in [0, 0.05) is 17.2 Å². The molecule has 0 aliphatic heterocycles. The lowest BCUT2D eigenvalue weighted by atomic mass is 10.0. The number of nitrogens with two attached hydrogens (primary N) is 2. The summed E-state index contributed by atoms with van der Waals surface area (Å²) in [6.07, 6.45) is 0. The maximum atomic E-state index is 7.69. The molecule has 0 saturated carbocycles. The number of hydrogen-bond acceptors (Lipinski definition) is 6. The van der Waals surface area contributed by atoms with Crippen molar-refractivity contribution in [1.29, 1.82) is 10.8 Å². The van der Waals surface area contributed by atoms with Crippen LogP contribution in [0.4, 0.5) is 0 Å². The second kappa shape index (κ2) is 7.20. The number of methoxy groups -OCH3 is 2. The van der Waals surface area contributed by atoms with E-state index in [9.17, 15) is 0 Å². The van der Waals surface area contributed by atoms with Crippen molar-refractivity contribution in [2.75, 3.05) is 14.2 Å². The molecule has 138 valence electrons. The fraction of sp³-hybridized carbons (Fsp3) is 0.105. The summed E-state index contributed by atoms with van der Waals surface area (Å²) in [5.74, 6) is 1.27. The second-order valence-electron chi connectivity index (χ2n) is 5.71. The van der Waals surface area contributed by atoms with Gasteiger partial charge < -0.3 is 25.5 Å². The van der Waals surface area contributed by atoms with Crippen LogP contribution in [-0.4, -0.2) is 31.0 Å². The van der Waals surface area contributed by atoms with Gasteiger partial charge in [0.05, 0.1) is 25.3 Å². The molecule has 0 aliphatic rings. The van der Waals surface area contributed by atoms with Crippen LogP contribution in [0, 0.1) is 10.8 Å². The average Bonchev–Trinajstić information content (AvgIpc) is 3.16. The summed E-state index contributed by atoms with van der Waals surface area (Å²) in [5.41, 5.74) is 14.0. The smallest absolute Gasteiger partial charge is 0.171 e. The van der Waals surface area contributed by atoms with Crippen molar-refractivity contribution in [2.45, 2.75) is 0 Å². The van der Waals surface area contributed by atoms with Crippen LogP contribution in [-0.2, 0) is 0 Å². The molecule has 0 atom stereocenters. The van der Waals surface area contributed by atoms with Crippen LogP contribution < -0.4 is 20.9 Å². The molecule has 3 aromatic rings. The SMILES string of the molecule is COc1cc(C(=N)N)ccc1-c1cc(-c2cccc(C(=N)N)c2OC)on1. The van der Waals surface area contributed by atoms with Crippen molar-refractivity contribution in [2.24, 2.45) is 11.5 Å². The summed E-state index contributed by atoms with van der Waals surface area (Å²) in [6.45, 7) is 0. The first-order valence-electron chi connectivity index (χ1n) is 7.97. The van der Waals surface area contributed by atoms with Gasteiger partial charge in [0.1, 0.15) is 28.9 Å². The molecule has 0 spiro atoms. The zero-order valence-corrected chi connectivity index (χ0v) is 14.9. The van der Waals surface area contributed by atoms with Gasteiger partial charge in [-0.3, -0.25) is 10.8 Å². The van der Waals surface area contributed by atoms with Crippen LogP contribution >= 0.6 is 0 Å². The maximum absolute atomic E-state index is 7.69. The third-order valence-corrected chi connectivity index (χ3v) is 4.07. The van der Waals surface area contributed by atoms with Crippen molar-refractivity contribution in [3.05, 3.63) is 53.6 Å². The number of nitrogens with zero attached hydrogens (tertiary/aromatic N) is 1. The van der Waals surface area contributed by atoms with Crippen LogP contribution in [0.3, 0.4) is 0 Å². The summed E-state index contributed by atoms with van der Waals surface area (Å²) in [4.78, 5) is 0. The normalized spacial score (nSPS) is 10.4. The van der Waals surface area contributed by atoms with Gasteiger partial charge in [-0.1, -0.05) is 17.3 Å². The molecule has 8 nitrogen and oxygen atoms in total. The first-order valence-corrected chi connectivity index (χ1v) is 7.97. The average molecular weight is 365 g/mol. The summed E-state index contributed by atoms with van der Waals surface area (Å²) in [6, 6.07) is 12.2. The van der Waals surface area contributed by atoms with Crippen molar-refractivity contribution in [3.63, 3.8) is 0 Å². The Morgan fingerprint density at radius 1 is 0.963 bits per heavy atom. The minimum absolute atomic E-state index is 0.0496. The maximum Gasteiger partial charge on any atom is 0.171 e. The minimum atomic E-state index is -0.102. The highest BCUT2D eigenvalue weighted by Crippen LogP contribution is 2.37. The molecule has 0 amide bonds. The molecule has 1 aromatic heterocycles. The van der Waals surface area contributed by atoms with E-state index in [1.165, 1.54) is 14.2 Å². The summed E-state index contributed by atoms with van der Waals surface area (Å²) in [7, 11) is 3.04. The van der Waals surface area contributed by atoms with Gasteiger partial charge in [-0.25, -0.2) is 0 Å². The number of nitrogen functional groups attached to an aromatic ring is 2. The fourth-order valence-corrected chi connectivity index (χ4v) is 2.76. The quantitative estimate of drug-likeness (QED) is 0.390. The van der Waals surface area contributed by atoms with E-state index in [-0.39, 0.29) is 11.7 Å². The van der Waals surface area contributed by atoms with Gasteiger partial charge >= 0.3 is 0 Å². The van der Waals surface area contributed by atoms with Gasteiger partial charge in [0.2, 0.25) is 0 Å². The number of hydrogen-bond donors (Lipinski definition) is 4. The molecular weight excluding hydrogens is 346 g/mol. The molecule has 6 N–H and O–H groups in total.